The van der Waals surface area contributed by atoms with Gasteiger partial charge in [0.2, 0.25) is 0 Å². The predicted molar refractivity (Wildman–Crippen MR) is 105 cm³/mol. The Morgan fingerprint density at radius 1 is 0.964 bits per heavy atom. The van der Waals surface area contributed by atoms with Crippen molar-refractivity contribution in [2.24, 2.45) is 0 Å². The highest BCUT2D eigenvalue weighted by Gasteiger charge is 2.19. The minimum absolute atomic E-state index is 0.0290. The number of hydrogen-bond donors (Lipinski definition) is 0. The molecule has 1 heterocycles. The smallest absolute Gasteiger partial charge is 0.269 e. The van der Waals surface area contributed by atoms with Crippen LogP contribution in [0.4, 0.5) is 15.8 Å². The average molecular weight is 407 g/mol. The Morgan fingerprint density at radius 2 is 1.57 bits per heavy atom. The SMILES string of the molecule is O=[N+]([O-])c1ccc(N2CCN(CCCS(=O)(=O)c3ccc(F)cc3)CC2)cc1. The van der Waals surface area contributed by atoms with E-state index in [1.165, 1.54) is 24.3 Å². The Labute approximate surface area is 163 Å². The first kappa shape index (κ1) is 20.2. The van der Waals surface area contributed by atoms with E-state index in [1.54, 1.807) is 12.1 Å². The molecule has 0 bridgehead atoms. The van der Waals surface area contributed by atoms with Crippen molar-refractivity contribution < 1.29 is 17.7 Å². The molecule has 0 aromatic heterocycles. The summed E-state index contributed by atoms with van der Waals surface area (Å²) in [6.07, 6.45) is 0.511. The number of nitro benzene ring substituents is 1. The highest BCUT2D eigenvalue weighted by atomic mass is 32.2. The molecule has 0 aliphatic carbocycles. The first-order valence-corrected chi connectivity index (χ1v) is 10.7. The molecule has 7 nitrogen and oxygen atoms in total. The highest BCUT2D eigenvalue weighted by molar-refractivity contribution is 7.91. The molecule has 0 N–H and O–H groups in total. The first-order valence-electron chi connectivity index (χ1n) is 9.05. The quantitative estimate of drug-likeness (QED) is 0.399. The van der Waals surface area contributed by atoms with E-state index in [0.29, 0.717) is 13.0 Å². The van der Waals surface area contributed by atoms with Gasteiger partial charge in [0.1, 0.15) is 5.82 Å². The van der Waals surface area contributed by atoms with E-state index in [-0.39, 0.29) is 16.3 Å². The number of non-ortho nitro benzene ring substituents is 1. The van der Waals surface area contributed by atoms with Gasteiger partial charge in [-0.25, -0.2) is 12.8 Å². The van der Waals surface area contributed by atoms with E-state index in [0.717, 1.165) is 44.0 Å². The number of piperazine rings is 1. The van der Waals surface area contributed by atoms with Crippen LogP contribution in [0, 0.1) is 15.9 Å². The molecule has 9 heteroatoms. The summed E-state index contributed by atoms with van der Waals surface area (Å²) in [5.74, 6) is -0.425. The first-order chi connectivity index (χ1) is 13.3. The van der Waals surface area contributed by atoms with Gasteiger partial charge in [-0.2, -0.15) is 0 Å². The molecule has 2 aromatic carbocycles. The van der Waals surface area contributed by atoms with Crippen LogP contribution in [0.25, 0.3) is 0 Å². The van der Waals surface area contributed by atoms with Gasteiger partial charge < -0.3 is 4.90 Å². The van der Waals surface area contributed by atoms with Crippen LogP contribution in [0.2, 0.25) is 0 Å². The summed E-state index contributed by atoms with van der Waals surface area (Å²) in [7, 11) is -3.40. The van der Waals surface area contributed by atoms with Gasteiger partial charge in [-0.3, -0.25) is 15.0 Å². The molecule has 2 aromatic rings. The number of nitro groups is 1. The summed E-state index contributed by atoms with van der Waals surface area (Å²) in [4.78, 5) is 14.8. The number of nitrogens with zero attached hydrogens (tertiary/aromatic N) is 3. The highest BCUT2D eigenvalue weighted by Crippen LogP contribution is 2.21. The van der Waals surface area contributed by atoms with Crippen molar-refractivity contribution in [3.05, 3.63) is 64.5 Å². The lowest BCUT2D eigenvalue weighted by Gasteiger charge is -2.36. The fraction of sp³-hybridized carbons (Fsp3) is 0.368. The molecule has 1 aliphatic rings. The standard InChI is InChI=1S/C19H22FN3O4S/c20-16-2-8-19(9-3-16)28(26,27)15-1-10-21-11-13-22(14-12-21)17-4-6-18(7-5-17)23(24)25/h2-9H,1,10-15H2. The maximum atomic E-state index is 12.9. The molecule has 3 rings (SSSR count). The summed E-state index contributed by atoms with van der Waals surface area (Å²) in [6.45, 7) is 3.83. The van der Waals surface area contributed by atoms with Gasteiger partial charge in [0.05, 0.1) is 15.6 Å². The monoisotopic (exact) mass is 407 g/mol. The third-order valence-electron chi connectivity index (χ3n) is 4.86. The second kappa shape index (κ2) is 8.66. The van der Waals surface area contributed by atoms with E-state index in [2.05, 4.69) is 9.80 Å². The van der Waals surface area contributed by atoms with Gasteiger partial charge >= 0.3 is 0 Å². The van der Waals surface area contributed by atoms with Crippen molar-refractivity contribution in [2.45, 2.75) is 11.3 Å². The van der Waals surface area contributed by atoms with Crippen LogP contribution in [0.1, 0.15) is 6.42 Å². The van der Waals surface area contributed by atoms with Crippen molar-refractivity contribution in [1.29, 1.82) is 0 Å². The number of sulfone groups is 1. The lowest BCUT2D eigenvalue weighted by Crippen LogP contribution is -2.46. The Kier molecular flexibility index (Phi) is 6.25. The molecule has 1 saturated heterocycles. The molecule has 0 spiro atoms. The molecule has 0 unspecified atom stereocenters. The van der Waals surface area contributed by atoms with Crippen LogP contribution in [-0.4, -0.2) is 56.7 Å². The second-order valence-corrected chi connectivity index (χ2v) is 8.84. The van der Waals surface area contributed by atoms with Crippen LogP contribution in [0.3, 0.4) is 0 Å². The minimum Gasteiger partial charge on any atom is -0.369 e. The van der Waals surface area contributed by atoms with Crippen molar-refractivity contribution >= 4 is 21.2 Å². The average Bonchev–Trinajstić information content (AvgIpc) is 2.69. The van der Waals surface area contributed by atoms with E-state index < -0.39 is 20.6 Å². The molecule has 0 saturated carbocycles. The van der Waals surface area contributed by atoms with Crippen molar-refractivity contribution in [2.75, 3.05) is 43.4 Å². The summed E-state index contributed by atoms with van der Waals surface area (Å²) in [5, 5.41) is 10.7. The largest absolute Gasteiger partial charge is 0.369 e. The molecule has 150 valence electrons. The maximum Gasteiger partial charge on any atom is 0.269 e. The van der Waals surface area contributed by atoms with Crippen LogP contribution >= 0.6 is 0 Å². The zero-order valence-electron chi connectivity index (χ0n) is 15.3. The van der Waals surface area contributed by atoms with Crippen molar-refractivity contribution in [1.82, 2.24) is 4.90 Å². The van der Waals surface area contributed by atoms with E-state index >= 15 is 0 Å². The van der Waals surface area contributed by atoms with Crippen LogP contribution in [0.5, 0.6) is 0 Å². The Balaban J connectivity index is 1.45. The molecule has 1 fully saturated rings. The van der Waals surface area contributed by atoms with Crippen molar-refractivity contribution in [3.63, 3.8) is 0 Å². The van der Waals surface area contributed by atoms with Gasteiger partial charge in [0.15, 0.2) is 9.84 Å². The number of hydrogen-bond acceptors (Lipinski definition) is 6. The number of benzene rings is 2. The normalized spacial score (nSPS) is 15.5. The fourth-order valence-corrected chi connectivity index (χ4v) is 4.55. The van der Waals surface area contributed by atoms with Gasteiger partial charge in [0, 0.05) is 44.0 Å². The number of anilines is 1. The summed E-state index contributed by atoms with van der Waals surface area (Å²) >= 11 is 0. The van der Waals surface area contributed by atoms with E-state index in [9.17, 15) is 22.9 Å². The number of halogens is 1. The van der Waals surface area contributed by atoms with Gasteiger partial charge in [0.25, 0.3) is 5.69 Å². The number of rotatable bonds is 7. The van der Waals surface area contributed by atoms with Gasteiger partial charge in [-0.05, 0) is 49.4 Å². The lowest BCUT2D eigenvalue weighted by molar-refractivity contribution is -0.384. The lowest BCUT2D eigenvalue weighted by atomic mass is 10.2. The zero-order chi connectivity index (χ0) is 20.1. The van der Waals surface area contributed by atoms with Gasteiger partial charge in [-0.1, -0.05) is 0 Å². The topological polar surface area (TPSA) is 83.8 Å². The van der Waals surface area contributed by atoms with Crippen LogP contribution < -0.4 is 4.90 Å². The molecule has 0 atom stereocenters. The third kappa shape index (κ3) is 5.05. The molecule has 1 aliphatic heterocycles. The Hall–Kier alpha value is -2.52. The summed E-state index contributed by atoms with van der Waals surface area (Å²) in [6, 6.07) is 11.4. The predicted octanol–water partition coefficient (Wildman–Crippen LogP) is 2.72. The molecule has 0 radical (unpaired) electrons. The Bertz CT molecular complexity index is 909. The Morgan fingerprint density at radius 3 is 2.14 bits per heavy atom. The zero-order valence-corrected chi connectivity index (χ0v) is 16.1. The maximum absolute atomic E-state index is 12.9. The molecule has 0 amide bonds. The van der Waals surface area contributed by atoms with Gasteiger partial charge in [-0.15, -0.1) is 0 Å². The van der Waals surface area contributed by atoms with E-state index in [1.807, 2.05) is 0 Å². The van der Waals surface area contributed by atoms with Crippen molar-refractivity contribution in [3.8, 4) is 0 Å². The van der Waals surface area contributed by atoms with Crippen LogP contribution in [-0.2, 0) is 9.84 Å². The molecular weight excluding hydrogens is 385 g/mol. The summed E-state index contributed by atoms with van der Waals surface area (Å²) in [5.41, 5.74) is 1.02. The second-order valence-electron chi connectivity index (χ2n) is 6.73. The fourth-order valence-electron chi connectivity index (χ4n) is 3.25. The van der Waals surface area contributed by atoms with Crippen LogP contribution in [0.15, 0.2) is 53.4 Å². The third-order valence-corrected chi connectivity index (χ3v) is 6.67. The molecular formula is C19H22FN3O4S. The summed E-state index contributed by atoms with van der Waals surface area (Å²) < 4.78 is 37.5. The molecule has 28 heavy (non-hydrogen) atoms. The minimum atomic E-state index is -3.40. The van der Waals surface area contributed by atoms with E-state index in [4.69, 9.17) is 0 Å².